The molecule has 174 valence electrons. The summed E-state index contributed by atoms with van der Waals surface area (Å²) >= 11 is 0. The normalized spacial score (nSPS) is 13.6. The Morgan fingerprint density at radius 3 is 2.18 bits per heavy atom. The van der Waals surface area contributed by atoms with Gasteiger partial charge in [0.1, 0.15) is 11.5 Å². The van der Waals surface area contributed by atoms with Crippen molar-refractivity contribution in [3.63, 3.8) is 0 Å². The summed E-state index contributed by atoms with van der Waals surface area (Å²) < 4.78 is 24.3. The zero-order chi connectivity index (χ0) is 24.0. The lowest BCUT2D eigenvalue weighted by molar-refractivity contribution is -0.121. The molecule has 1 aliphatic heterocycles. The van der Waals surface area contributed by atoms with E-state index < -0.39 is 17.6 Å². The number of hydrogen-bond donors (Lipinski definition) is 1. The molecule has 0 atom stereocenters. The molecule has 3 amide bonds. The summed E-state index contributed by atoms with van der Waals surface area (Å²) in [6, 6.07) is 12.0. The quantitative estimate of drug-likeness (QED) is 0.555. The van der Waals surface area contributed by atoms with Crippen LogP contribution in [0.3, 0.4) is 0 Å². The molecule has 0 radical (unpaired) electrons. The van der Waals surface area contributed by atoms with Crippen molar-refractivity contribution in [1.82, 2.24) is 4.90 Å². The monoisotopic (exact) mass is 455 g/mol. The molecule has 0 aromatic heterocycles. The Hall–Kier alpha value is -3.56. The van der Waals surface area contributed by atoms with E-state index in [0.29, 0.717) is 37.6 Å². The highest BCUT2D eigenvalue weighted by molar-refractivity contribution is 6.45. The van der Waals surface area contributed by atoms with Gasteiger partial charge in [-0.3, -0.25) is 14.4 Å². The molecule has 0 saturated heterocycles. The number of rotatable bonds is 10. The second-order valence-corrected chi connectivity index (χ2v) is 7.38. The van der Waals surface area contributed by atoms with Crippen molar-refractivity contribution >= 4 is 34.7 Å². The molecule has 2 aromatic carbocycles. The Morgan fingerprint density at radius 1 is 1.00 bits per heavy atom. The molecule has 0 saturated carbocycles. The van der Waals surface area contributed by atoms with Gasteiger partial charge in [-0.2, -0.15) is 0 Å². The van der Waals surface area contributed by atoms with E-state index in [2.05, 4.69) is 5.32 Å². The molecule has 9 heteroatoms. The summed E-state index contributed by atoms with van der Waals surface area (Å²) in [5.74, 6) is -1.90. The summed E-state index contributed by atoms with van der Waals surface area (Å²) in [5.41, 5.74) is 1.57. The maximum absolute atomic E-state index is 13.9. The Bertz CT molecular complexity index is 1060. The number of hydrogen-bond acceptors (Lipinski definition) is 6. The maximum Gasteiger partial charge on any atom is 0.282 e. The molecular weight excluding hydrogens is 429 g/mol. The third-order valence-electron chi connectivity index (χ3n) is 5.07. The number of nitrogens with zero attached hydrogens (tertiary/aromatic N) is 2. The summed E-state index contributed by atoms with van der Waals surface area (Å²) in [4.78, 5) is 41.1. The molecule has 0 fully saturated rings. The second kappa shape index (κ2) is 10.8. The highest BCUT2D eigenvalue weighted by Gasteiger charge is 2.42. The van der Waals surface area contributed by atoms with Crippen LogP contribution in [0.5, 0.6) is 0 Å². The van der Waals surface area contributed by atoms with E-state index in [4.69, 9.17) is 9.47 Å². The van der Waals surface area contributed by atoms with Gasteiger partial charge in [0.2, 0.25) is 5.91 Å². The van der Waals surface area contributed by atoms with Crippen molar-refractivity contribution in [2.75, 3.05) is 50.7 Å². The van der Waals surface area contributed by atoms with Crippen molar-refractivity contribution in [2.24, 2.45) is 0 Å². The summed E-state index contributed by atoms with van der Waals surface area (Å²) in [6.45, 7) is 2.73. The maximum atomic E-state index is 13.9. The van der Waals surface area contributed by atoms with E-state index in [1.165, 1.54) is 25.1 Å². The van der Waals surface area contributed by atoms with Crippen LogP contribution in [0.1, 0.15) is 12.5 Å². The third kappa shape index (κ3) is 5.44. The average molecular weight is 455 g/mol. The third-order valence-corrected chi connectivity index (χ3v) is 5.07. The van der Waals surface area contributed by atoms with Crippen molar-refractivity contribution in [2.45, 2.75) is 6.92 Å². The standard InChI is InChI=1S/C24H26FN3O5/c1-16(29)26-19-9-7-17(8-10-19)21-22(27(11-13-32-2)12-14-33-3)24(31)28(23(21)30)20-6-4-5-18(25)15-20/h4-10,15H,11-14H2,1-3H3,(H,26,29). The fourth-order valence-corrected chi connectivity index (χ4v) is 3.58. The molecule has 1 aliphatic rings. The van der Waals surface area contributed by atoms with Crippen LogP contribution < -0.4 is 10.2 Å². The van der Waals surface area contributed by atoms with E-state index in [9.17, 15) is 18.8 Å². The molecule has 3 rings (SSSR count). The van der Waals surface area contributed by atoms with Crippen molar-refractivity contribution in [3.8, 4) is 0 Å². The first-order valence-corrected chi connectivity index (χ1v) is 10.4. The minimum Gasteiger partial charge on any atom is -0.383 e. The van der Waals surface area contributed by atoms with Crippen LogP contribution in [0.2, 0.25) is 0 Å². The van der Waals surface area contributed by atoms with E-state index in [1.807, 2.05) is 0 Å². The van der Waals surface area contributed by atoms with Crippen LogP contribution in [0, 0.1) is 5.82 Å². The lowest BCUT2D eigenvalue weighted by Crippen LogP contribution is -2.37. The Morgan fingerprint density at radius 2 is 1.64 bits per heavy atom. The van der Waals surface area contributed by atoms with Crippen molar-refractivity contribution in [1.29, 1.82) is 0 Å². The van der Waals surface area contributed by atoms with Crippen LogP contribution >= 0.6 is 0 Å². The van der Waals surface area contributed by atoms with Gasteiger partial charge in [0, 0.05) is 39.9 Å². The molecular formula is C24H26FN3O5. The number of nitrogens with one attached hydrogen (secondary N) is 1. The van der Waals surface area contributed by atoms with Crippen LogP contribution in [-0.2, 0) is 23.9 Å². The predicted octanol–water partition coefficient (Wildman–Crippen LogP) is 2.66. The van der Waals surface area contributed by atoms with Gasteiger partial charge in [-0.05, 0) is 35.9 Å². The summed E-state index contributed by atoms with van der Waals surface area (Å²) in [7, 11) is 3.09. The topological polar surface area (TPSA) is 88.2 Å². The second-order valence-electron chi connectivity index (χ2n) is 7.38. The fraction of sp³-hybridized carbons (Fsp3) is 0.292. The average Bonchev–Trinajstić information content (AvgIpc) is 3.04. The van der Waals surface area contributed by atoms with Gasteiger partial charge in [-0.1, -0.05) is 18.2 Å². The number of anilines is 2. The molecule has 0 bridgehead atoms. The molecule has 33 heavy (non-hydrogen) atoms. The van der Waals surface area contributed by atoms with Gasteiger partial charge >= 0.3 is 0 Å². The Labute approximate surface area is 191 Å². The van der Waals surface area contributed by atoms with Gasteiger partial charge < -0.3 is 19.7 Å². The molecule has 0 spiro atoms. The summed E-state index contributed by atoms with van der Waals surface area (Å²) in [6.07, 6.45) is 0. The lowest BCUT2D eigenvalue weighted by Gasteiger charge is -2.25. The van der Waals surface area contributed by atoms with Gasteiger partial charge in [-0.15, -0.1) is 0 Å². The SMILES string of the molecule is COCCN(CCOC)C1=C(c2ccc(NC(C)=O)cc2)C(=O)N(c2cccc(F)c2)C1=O. The van der Waals surface area contributed by atoms with E-state index >= 15 is 0 Å². The van der Waals surface area contributed by atoms with Gasteiger partial charge in [0.25, 0.3) is 11.8 Å². The number of carbonyl (C=O) groups is 3. The van der Waals surface area contributed by atoms with E-state index in [1.54, 1.807) is 43.4 Å². The summed E-state index contributed by atoms with van der Waals surface area (Å²) in [5, 5.41) is 2.67. The van der Waals surface area contributed by atoms with Gasteiger partial charge in [-0.25, -0.2) is 9.29 Å². The van der Waals surface area contributed by atoms with Gasteiger partial charge in [0.15, 0.2) is 0 Å². The largest absolute Gasteiger partial charge is 0.383 e. The van der Waals surface area contributed by atoms with Crippen LogP contribution in [0.15, 0.2) is 54.2 Å². The number of methoxy groups -OCH3 is 2. The zero-order valence-electron chi connectivity index (χ0n) is 18.8. The fourth-order valence-electron chi connectivity index (χ4n) is 3.58. The molecule has 0 aliphatic carbocycles. The highest BCUT2D eigenvalue weighted by atomic mass is 19.1. The number of imide groups is 1. The van der Waals surface area contributed by atoms with Crippen LogP contribution in [-0.4, -0.2) is 63.1 Å². The number of carbonyl (C=O) groups excluding carboxylic acids is 3. The number of halogens is 1. The molecule has 0 unspecified atom stereocenters. The molecule has 1 N–H and O–H groups in total. The molecule has 8 nitrogen and oxygen atoms in total. The zero-order valence-corrected chi connectivity index (χ0v) is 18.8. The highest BCUT2D eigenvalue weighted by Crippen LogP contribution is 2.35. The number of ether oxygens (including phenoxy) is 2. The first kappa shape index (κ1) is 24.1. The molecule has 1 heterocycles. The lowest BCUT2D eigenvalue weighted by atomic mass is 10.0. The minimum absolute atomic E-state index is 0.144. The predicted molar refractivity (Wildman–Crippen MR) is 122 cm³/mol. The Kier molecular flexibility index (Phi) is 7.92. The number of benzene rings is 2. The van der Waals surface area contributed by atoms with Crippen molar-refractivity contribution in [3.05, 3.63) is 65.6 Å². The Balaban J connectivity index is 2.10. The van der Waals surface area contributed by atoms with Crippen molar-refractivity contribution < 1.29 is 28.2 Å². The van der Waals surface area contributed by atoms with Crippen LogP contribution in [0.4, 0.5) is 15.8 Å². The van der Waals surface area contributed by atoms with E-state index in [0.717, 1.165) is 11.0 Å². The van der Waals surface area contributed by atoms with Gasteiger partial charge in [0.05, 0.1) is 24.5 Å². The smallest absolute Gasteiger partial charge is 0.282 e. The first-order valence-electron chi connectivity index (χ1n) is 10.4. The van der Waals surface area contributed by atoms with E-state index in [-0.39, 0.29) is 22.9 Å². The minimum atomic E-state index is -0.562. The molecule has 2 aromatic rings. The number of amides is 3. The first-order chi connectivity index (χ1) is 15.9. The van der Waals surface area contributed by atoms with Crippen LogP contribution in [0.25, 0.3) is 5.57 Å².